The zero-order valence-corrected chi connectivity index (χ0v) is 18.3. The summed E-state index contributed by atoms with van der Waals surface area (Å²) in [6.07, 6.45) is 3.58. The minimum atomic E-state index is 0.497. The summed E-state index contributed by atoms with van der Waals surface area (Å²) in [5.74, 6) is 3.03. The van der Waals surface area contributed by atoms with Crippen LogP contribution < -0.4 is 14.4 Å². The first kappa shape index (κ1) is 21.1. The van der Waals surface area contributed by atoms with Crippen molar-refractivity contribution in [2.24, 2.45) is 0 Å². The molecule has 4 rings (SSSR count). The standard InChI is InChI=1S/C23H25N5O2S/c1-29-21-11-4-3-10-20(21)28-22(27-12-5-2-6-13-27)25-26-23(28)31-15-14-30-19-9-7-8-18(16-19)17-24/h3-4,7-11,16H,2,5-6,12-15H2,1H3. The molecule has 1 aliphatic heterocycles. The van der Waals surface area contributed by atoms with Gasteiger partial charge in [0, 0.05) is 18.8 Å². The molecule has 0 spiro atoms. The van der Waals surface area contributed by atoms with Gasteiger partial charge in [0.2, 0.25) is 5.95 Å². The molecule has 2 heterocycles. The molecule has 160 valence electrons. The Morgan fingerprint density at radius 3 is 2.71 bits per heavy atom. The maximum Gasteiger partial charge on any atom is 0.232 e. The highest BCUT2D eigenvalue weighted by atomic mass is 32.2. The van der Waals surface area contributed by atoms with Crippen molar-refractivity contribution in [1.29, 1.82) is 5.26 Å². The van der Waals surface area contributed by atoms with E-state index >= 15 is 0 Å². The molecular formula is C23H25N5O2S. The molecule has 0 atom stereocenters. The van der Waals surface area contributed by atoms with Crippen molar-refractivity contribution in [3.05, 3.63) is 54.1 Å². The molecular weight excluding hydrogens is 410 g/mol. The smallest absolute Gasteiger partial charge is 0.232 e. The summed E-state index contributed by atoms with van der Waals surface area (Å²) in [5.41, 5.74) is 1.52. The van der Waals surface area contributed by atoms with Gasteiger partial charge in [-0.15, -0.1) is 10.2 Å². The Kier molecular flexibility index (Phi) is 6.95. The number of piperidine rings is 1. The fourth-order valence-electron chi connectivity index (χ4n) is 3.63. The maximum absolute atomic E-state index is 9.03. The van der Waals surface area contributed by atoms with E-state index < -0.39 is 0 Å². The van der Waals surface area contributed by atoms with Crippen LogP contribution in [0.1, 0.15) is 24.8 Å². The SMILES string of the molecule is COc1ccccc1-n1c(SCCOc2cccc(C#N)c2)nnc1N1CCCCC1. The van der Waals surface area contributed by atoms with Crippen LogP contribution in [0.25, 0.3) is 5.69 Å². The number of anilines is 1. The van der Waals surface area contributed by atoms with Crippen LogP contribution in [0.3, 0.4) is 0 Å². The molecule has 3 aromatic rings. The number of nitrogens with zero attached hydrogens (tertiary/aromatic N) is 5. The van der Waals surface area contributed by atoms with Gasteiger partial charge in [-0.2, -0.15) is 5.26 Å². The average molecular weight is 436 g/mol. The number of nitriles is 1. The Balaban J connectivity index is 1.53. The molecule has 0 radical (unpaired) electrons. The molecule has 0 N–H and O–H groups in total. The van der Waals surface area contributed by atoms with Gasteiger partial charge >= 0.3 is 0 Å². The first-order valence-electron chi connectivity index (χ1n) is 10.4. The minimum Gasteiger partial charge on any atom is -0.495 e. The lowest BCUT2D eigenvalue weighted by molar-refractivity contribution is 0.343. The molecule has 1 aliphatic rings. The van der Waals surface area contributed by atoms with E-state index in [4.69, 9.17) is 14.7 Å². The summed E-state index contributed by atoms with van der Waals surface area (Å²) < 4.78 is 13.5. The van der Waals surface area contributed by atoms with Crippen molar-refractivity contribution in [3.63, 3.8) is 0 Å². The predicted octanol–water partition coefficient (Wildman–Crippen LogP) is 4.31. The number of hydrogen-bond acceptors (Lipinski definition) is 7. The molecule has 2 aromatic carbocycles. The molecule has 1 fully saturated rings. The van der Waals surface area contributed by atoms with E-state index in [1.807, 2.05) is 36.4 Å². The number of rotatable bonds is 8. The molecule has 0 amide bonds. The van der Waals surface area contributed by atoms with Crippen molar-refractivity contribution in [3.8, 4) is 23.3 Å². The Bertz CT molecular complexity index is 1060. The monoisotopic (exact) mass is 435 g/mol. The molecule has 0 unspecified atom stereocenters. The van der Waals surface area contributed by atoms with E-state index in [-0.39, 0.29) is 0 Å². The molecule has 0 bridgehead atoms. The normalized spacial score (nSPS) is 13.6. The lowest BCUT2D eigenvalue weighted by atomic mass is 10.1. The highest BCUT2D eigenvalue weighted by Gasteiger charge is 2.23. The van der Waals surface area contributed by atoms with Gasteiger partial charge in [0.15, 0.2) is 5.16 Å². The van der Waals surface area contributed by atoms with Crippen LogP contribution in [0, 0.1) is 11.3 Å². The Morgan fingerprint density at radius 1 is 1.06 bits per heavy atom. The summed E-state index contributed by atoms with van der Waals surface area (Å²) in [4.78, 5) is 2.30. The van der Waals surface area contributed by atoms with Gasteiger partial charge in [-0.25, -0.2) is 0 Å². The largest absolute Gasteiger partial charge is 0.495 e. The number of aromatic nitrogens is 3. The van der Waals surface area contributed by atoms with Crippen LogP contribution in [0.4, 0.5) is 5.95 Å². The Morgan fingerprint density at radius 2 is 1.90 bits per heavy atom. The van der Waals surface area contributed by atoms with Crippen LogP contribution in [-0.4, -0.2) is 47.3 Å². The van der Waals surface area contributed by atoms with Gasteiger partial charge in [-0.3, -0.25) is 4.57 Å². The lowest BCUT2D eigenvalue weighted by Crippen LogP contribution is -2.31. The first-order chi connectivity index (χ1) is 15.3. The van der Waals surface area contributed by atoms with E-state index in [1.165, 1.54) is 6.42 Å². The summed E-state index contributed by atoms with van der Waals surface area (Å²) in [6.45, 7) is 2.46. The molecule has 0 saturated carbocycles. The third-order valence-corrected chi connectivity index (χ3v) is 6.02. The second-order valence-electron chi connectivity index (χ2n) is 7.17. The predicted molar refractivity (Wildman–Crippen MR) is 121 cm³/mol. The second-order valence-corrected chi connectivity index (χ2v) is 8.24. The van der Waals surface area contributed by atoms with E-state index in [1.54, 1.807) is 31.0 Å². The van der Waals surface area contributed by atoms with Crippen molar-refractivity contribution in [1.82, 2.24) is 14.8 Å². The highest BCUT2D eigenvalue weighted by molar-refractivity contribution is 7.99. The number of para-hydroxylation sites is 2. The van der Waals surface area contributed by atoms with Crippen LogP contribution in [0.15, 0.2) is 53.7 Å². The van der Waals surface area contributed by atoms with Gasteiger partial charge in [0.05, 0.1) is 31.0 Å². The molecule has 1 saturated heterocycles. The van der Waals surface area contributed by atoms with E-state index in [0.29, 0.717) is 23.7 Å². The number of thioether (sulfide) groups is 1. The fourth-order valence-corrected chi connectivity index (χ4v) is 4.38. The maximum atomic E-state index is 9.03. The van der Waals surface area contributed by atoms with Crippen LogP contribution >= 0.6 is 11.8 Å². The van der Waals surface area contributed by atoms with Crippen molar-refractivity contribution >= 4 is 17.7 Å². The van der Waals surface area contributed by atoms with Crippen LogP contribution in [0.5, 0.6) is 11.5 Å². The van der Waals surface area contributed by atoms with Crippen LogP contribution in [0.2, 0.25) is 0 Å². The molecule has 0 aliphatic carbocycles. The van der Waals surface area contributed by atoms with Gasteiger partial charge < -0.3 is 14.4 Å². The quantitative estimate of drug-likeness (QED) is 0.385. The number of ether oxygens (including phenoxy) is 2. The van der Waals surface area contributed by atoms with E-state index in [2.05, 4.69) is 25.7 Å². The molecule has 31 heavy (non-hydrogen) atoms. The van der Waals surface area contributed by atoms with Crippen molar-refractivity contribution in [2.45, 2.75) is 24.4 Å². The lowest BCUT2D eigenvalue weighted by Gasteiger charge is -2.28. The number of hydrogen-bond donors (Lipinski definition) is 0. The van der Waals surface area contributed by atoms with Gasteiger partial charge in [0.1, 0.15) is 11.5 Å². The first-order valence-corrected chi connectivity index (χ1v) is 11.4. The molecule has 8 heteroatoms. The molecule has 1 aromatic heterocycles. The zero-order chi connectivity index (χ0) is 21.5. The summed E-state index contributed by atoms with van der Waals surface area (Å²) in [6, 6.07) is 17.3. The van der Waals surface area contributed by atoms with Gasteiger partial charge in [0.25, 0.3) is 0 Å². The van der Waals surface area contributed by atoms with E-state index in [9.17, 15) is 0 Å². The summed E-state index contributed by atoms with van der Waals surface area (Å²) in [7, 11) is 1.68. The fraction of sp³-hybridized carbons (Fsp3) is 0.348. The number of methoxy groups -OCH3 is 1. The third-order valence-electron chi connectivity index (χ3n) is 5.13. The summed E-state index contributed by atoms with van der Waals surface area (Å²) in [5, 5.41) is 18.9. The van der Waals surface area contributed by atoms with Gasteiger partial charge in [-0.1, -0.05) is 30.0 Å². The molecule has 7 nitrogen and oxygen atoms in total. The van der Waals surface area contributed by atoms with Crippen molar-refractivity contribution in [2.75, 3.05) is 37.5 Å². The van der Waals surface area contributed by atoms with Crippen LogP contribution in [-0.2, 0) is 0 Å². The highest BCUT2D eigenvalue weighted by Crippen LogP contribution is 2.32. The Hall–Kier alpha value is -3.18. The summed E-state index contributed by atoms with van der Waals surface area (Å²) >= 11 is 1.59. The van der Waals surface area contributed by atoms with Gasteiger partial charge in [-0.05, 0) is 49.6 Å². The van der Waals surface area contributed by atoms with Crippen molar-refractivity contribution < 1.29 is 9.47 Å². The topological polar surface area (TPSA) is 76.2 Å². The average Bonchev–Trinajstić information content (AvgIpc) is 3.26. The zero-order valence-electron chi connectivity index (χ0n) is 17.5. The minimum absolute atomic E-state index is 0.497. The Labute approximate surface area is 186 Å². The number of benzene rings is 2. The second kappa shape index (κ2) is 10.2. The third kappa shape index (κ3) is 4.94. The van der Waals surface area contributed by atoms with E-state index in [0.717, 1.165) is 48.5 Å².